The number of hydrogen-bond donors (Lipinski definition) is 0. The van der Waals surface area contributed by atoms with E-state index in [4.69, 9.17) is 0 Å². The molecule has 160 valence electrons. The first kappa shape index (κ1) is 21.6. The summed E-state index contributed by atoms with van der Waals surface area (Å²) in [7, 11) is 0. The van der Waals surface area contributed by atoms with Crippen LogP contribution in [0, 0.1) is 28.4 Å². The summed E-state index contributed by atoms with van der Waals surface area (Å²) in [5.74, 6) is 2.01. The molecule has 0 aromatic heterocycles. The van der Waals surface area contributed by atoms with Crippen LogP contribution in [0.15, 0.2) is 53.0 Å². The molecule has 0 amide bonds. The first-order valence-electron chi connectivity index (χ1n) is 11.5. The fourth-order valence-corrected chi connectivity index (χ4v) is 6.87. The van der Waals surface area contributed by atoms with Crippen molar-refractivity contribution >= 4 is 32.9 Å². The van der Waals surface area contributed by atoms with Gasteiger partial charge >= 0.3 is 0 Å². The van der Waals surface area contributed by atoms with Crippen LogP contribution in [-0.2, 0) is 6.42 Å². The molecule has 0 bridgehead atoms. The molecule has 30 heavy (non-hydrogen) atoms. The van der Waals surface area contributed by atoms with Crippen molar-refractivity contribution in [3.05, 3.63) is 63.8 Å². The summed E-state index contributed by atoms with van der Waals surface area (Å²) < 4.78 is 1.17. The average Bonchev–Trinajstić information content (AvgIpc) is 3.13. The van der Waals surface area contributed by atoms with Gasteiger partial charge in [0.1, 0.15) is 0 Å². The van der Waals surface area contributed by atoms with Gasteiger partial charge in [-0.15, -0.1) is 0 Å². The maximum absolute atomic E-state index is 12.5. The molecule has 0 aliphatic heterocycles. The molecule has 0 unspecified atom stereocenters. The van der Waals surface area contributed by atoms with E-state index < -0.39 is 0 Å². The molecule has 0 heterocycles. The van der Waals surface area contributed by atoms with Gasteiger partial charge in [0.25, 0.3) is 0 Å². The van der Waals surface area contributed by atoms with E-state index >= 15 is 0 Å². The average molecular weight is 468 g/mol. The molecular weight excluding hydrogens is 434 g/mol. The maximum atomic E-state index is 12.5. The Kier molecular flexibility index (Phi) is 6.67. The number of benzene rings is 2. The Hall–Kier alpha value is -1.61. The molecular formula is C27H34BrNO. The highest BCUT2D eigenvalue weighted by molar-refractivity contribution is 9.11. The molecule has 2 fully saturated rings. The van der Waals surface area contributed by atoms with Crippen LogP contribution in [0.3, 0.4) is 0 Å². The Labute approximate surface area is 189 Å². The van der Waals surface area contributed by atoms with Gasteiger partial charge in [-0.2, -0.15) is 0 Å². The smallest absolute Gasteiger partial charge is 0.157 e. The van der Waals surface area contributed by atoms with Crippen LogP contribution in [0.4, 0.5) is 0 Å². The van der Waals surface area contributed by atoms with E-state index in [9.17, 15) is 5.21 Å². The number of halogens is 1. The lowest BCUT2D eigenvalue weighted by Gasteiger charge is -2.44. The highest BCUT2D eigenvalue weighted by Gasteiger charge is 2.50. The fraction of sp³-hybridized carbons (Fsp3) is 0.519. The molecule has 2 aliphatic rings. The second-order valence-corrected chi connectivity index (χ2v) is 10.2. The number of hydroxylamine groups is 1. The van der Waals surface area contributed by atoms with Crippen molar-refractivity contribution < 1.29 is 4.74 Å². The lowest BCUT2D eigenvalue weighted by Crippen LogP contribution is -2.36. The van der Waals surface area contributed by atoms with Gasteiger partial charge in [0, 0.05) is 12.8 Å². The van der Waals surface area contributed by atoms with Gasteiger partial charge in [0.15, 0.2) is 12.8 Å². The zero-order valence-electron chi connectivity index (χ0n) is 18.3. The zero-order valence-corrected chi connectivity index (χ0v) is 19.9. The van der Waals surface area contributed by atoms with Gasteiger partial charge in [0.05, 0.1) is 0 Å². The van der Waals surface area contributed by atoms with Crippen LogP contribution in [0.25, 0.3) is 10.8 Å². The molecule has 0 spiro atoms. The van der Waals surface area contributed by atoms with E-state index in [1.54, 1.807) is 5.57 Å². The highest BCUT2D eigenvalue weighted by atomic mass is 79.9. The molecule has 4 rings (SSSR count). The van der Waals surface area contributed by atoms with Gasteiger partial charge in [-0.05, 0) is 76.6 Å². The van der Waals surface area contributed by atoms with Gasteiger partial charge in [-0.3, -0.25) is 0 Å². The Morgan fingerprint density at radius 3 is 2.80 bits per heavy atom. The maximum Gasteiger partial charge on any atom is 0.157 e. The lowest BCUT2D eigenvalue weighted by molar-refractivity contribution is -0.453. The number of allylic oxidation sites excluding steroid dienone is 1. The van der Waals surface area contributed by atoms with Crippen LogP contribution in [0.2, 0.25) is 0 Å². The first-order valence-corrected chi connectivity index (χ1v) is 12.5. The number of hydrogen-bond acceptors (Lipinski definition) is 1. The minimum atomic E-state index is 0.407. The minimum Gasteiger partial charge on any atom is -0.624 e. The summed E-state index contributed by atoms with van der Waals surface area (Å²) in [4.78, 5) is 2.19. The van der Waals surface area contributed by atoms with Gasteiger partial charge in [-0.25, -0.2) is 4.74 Å². The van der Waals surface area contributed by atoms with Crippen molar-refractivity contribution in [1.29, 1.82) is 0 Å². The van der Waals surface area contributed by atoms with Crippen molar-refractivity contribution in [2.45, 2.75) is 58.8 Å². The van der Waals surface area contributed by atoms with Crippen molar-refractivity contribution in [3.8, 4) is 0 Å². The van der Waals surface area contributed by atoms with E-state index in [1.165, 1.54) is 53.2 Å². The van der Waals surface area contributed by atoms with Crippen LogP contribution in [0.5, 0.6) is 0 Å². The molecule has 2 nitrogen and oxygen atoms in total. The molecule has 0 radical (unpaired) electrons. The molecule has 2 aromatic carbocycles. The van der Waals surface area contributed by atoms with Crippen LogP contribution < -0.4 is 0 Å². The lowest BCUT2D eigenvalue weighted by atomic mass is 9.61. The van der Waals surface area contributed by atoms with E-state index in [0.29, 0.717) is 17.9 Å². The quantitative estimate of drug-likeness (QED) is 0.187. The van der Waals surface area contributed by atoms with Gasteiger partial charge < -0.3 is 5.21 Å². The summed E-state index contributed by atoms with van der Waals surface area (Å²) in [5, 5.41) is 15.0. The predicted molar refractivity (Wildman–Crippen MR) is 131 cm³/mol. The third-order valence-electron chi connectivity index (χ3n) is 7.98. The fourth-order valence-electron chi connectivity index (χ4n) is 6.32. The van der Waals surface area contributed by atoms with Crippen molar-refractivity contribution in [2.24, 2.45) is 23.2 Å². The molecule has 4 atom stereocenters. The third kappa shape index (κ3) is 4.37. The Morgan fingerprint density at radius 1 is 1.20 bits per heavy atom. The van der Waals surface area contributed by atoms with Crippen LogP contribution >= 0.6 is 15.9 Å². The monoisotopic (exact) mass is 467 g/mol. The largest absolute Gasteiger partial charge is 0.624 e. The topological polar surface area (TPSA) is 26.1 Å². The van der Waals surface area contributed by atoms with E-state index in [-0.39, 0.29) is 0 Å². The molecule has 2 aliphatic carbocycles. The zero-order chi connectivity index (χ0) is 21.1. The second-order valence-electron chi connectivity index (χ2n) is 9.75. The standard InChI is InChI=1S/C27H34BrNO/c1-20(25-11-12-26-24(19-28)8-5-15-27(25,26)2)13-16-29(30)17-14-21-9-10-22-6-3-4-7-23(22)18-21/h3-4,6-7,9-10,16,18-20,25-26H,5,8,11-15,17H2,1-2H3/b24-19+,29-16-/t20-,25-,26+,27-/m1/s1. The highest BCUT2D eigenvalue weighted by Crippen LogP contribution is 2.59. The second kappa shape index (κ2) is 9.26. The summed E-state index contributed by atoms with van der Waals surface area (Å²) in [6.45, 7) is 5.40. The minimum absolute atomic E-state index is 0.407. The van der Waals surface area contributed by atoms with Crippen LogP contribution in [-0.4, -0.2) is 17.5 Å². The summed E-state index contributed by atoms with van der Waals surface area (Å²) in [6, 6.07) is 14.9. The summed E-state index contributed by atoms with van der Waals surface area (Å²) in [6.07, 6.45) is 10.1. The van der Waals surface area contributed by atoms with Crippen molar-refractivity contribution in [2.75, 3.05) is 6.54 Å². The first-order chi connectivity index (χ1) is 14.5. The summed E-state index contributed by atoms with van der Waals surface area (Å²) >= 11 is 3.61. The Morgan fingerprint density at radius 2 is 2.00 bits per heavy atom. The van der Waals surface area contributed by atoms with E-state index in [0.717, 1.165) is 24.7 Å². The Bertz CT molecular complexity index is 949. The van der Waals surface area contributed by atoms with E-state index in [2.05, 4.69) is 77.2 Å². The molecule has 3 heteroatoms. The predicted octanol–water partition coefficient (Wildman–Crippen LogP) is 7.48. The molecule has 0 saturated heterocycles. The third-order valence-corrected chi connectivity index (χ3v) is 8.57. The van der Waals surface area contributed by atoms with E-state index in [1.807, 2.05) is 6.21 Å². The number of nitrogens with zero attached hydrogens (tertiary/aromatic N) is 1. The SMILES string of the molecule is C[C@H](C/C=[N+](\[O-])CCc1ccc2ccccc2c1)[C@H]1CC[C@H]2/C(=C/Br)CCC[C@]12C. The number of rotatable bonds is 6. The van der Waals surface area contributed by atoms with Crippen molar-refractivity contribution in [1.82, 2.24) is 0 Å². The van der Waals surface area contributed by atoms with Crippen molar-refractivity contribution in [3.63, 3.8) is 0 Å². The van der Waals surface area contributed by atoms with Crippen LogP contribution in [0.1, 0.15) is 57.9 Å². The molecule has 2 aromatic rings. The number of fused-ring (bicyclic) bond motifs is 2. The van der Waals surface area contributed by atoms with Gasteiger partial charge in [0.2, 0.25) is 0 Å². The Balaban J connectivity index is 1.34. The summed E-state index contributed by atoms with van der Waals surface area (Å²) in [5.41, 5.74) is 3.26. The normalized spacial score (nSPS) is 29.3. The molecule has 2 saturated carbocycles. The van der Waals surface area contributed by atoms with Gasteiger partial charge in [-0.1, -0.05) is 77.8 Å². The molecule has 0 N–H and O–H groups in total.